The summed E-state index contributed by atoms with van der Waals surface area (Å²) >= 11 is 6.21. The van der Waals surface area contributed by atoms with Crippen molar-refractivity contribution in [2.75, 3.05) is 25.6 Å². The van der Waals surface area contributed by atoms with Crippen LogP contribution in [0.1, 0.15) is 5.56 Å². The fourth-order valence-electron chi connectivity index (χ4n) is 2.66. The maximum Gasteiger partial charge on any atom is 0.329 e. The molecule has 0 unspecified atom stereocenters. The summed E-state index contributed by atoms with van der Waals surface area (Å²) in [5.41, 5.74) is 1.14. The highest BCUT2D eigenvalue weighted by molar-refractivity contribution is 6.32. The van der Waals surface area contributed by atoms with Crippen LogP contribution in [0.25, 0.3) is 6.08 Å². The van der Waals surface area contributed by atoms with E-state index in [1.807, 2.05) is 6.07 Å². The third-order valence-corrected chi connectivity index (χ3v) is 4.46. The van der Waals surface area contributed by atoms with E-state index in [0.717, 1.165) is 12.0 Å². The van der Waals surface area contributed by atoms with Crippen LogP contribution in [0.3, 0.4) is 0 Å². The van der Waals surface area contributed by atoms with Crippen LogP contribution < -0.4 is 15.4 Å². The van der Waals surface area contributed by atoms with E-state index < -0.39 is 24.5 Å². The summed E-state index contributed by atoms with van der Waals surface area (Å²) in [6.07, 6.45) is 1.41. The van der Waals surface area contributed by atoms with Crippen molar-refractivity contribution >= 4 is 47.2 Å². The molecule has 0 aromatic heterocycles. The van der Waals surface area contributed by atoms with Gasteiger partial charge in [0.2, 0.25) is 0 Å². The Kier molecular flexibility index (Phi) is 6.88. The zero-order valence-corrected chi connectivity index (χ0v) is 17.1. The van der Waals surface area contributed by atoms with E-state index in [1.54, 1.807) is 30.3 Å². The van der Waals surface area contributed by atoms with Gasteiger partial charge < -0.3 is 20.1 Å². The first kappa shape index (κ1) is 21.8. The van der Waals surface area contributed by atoms with Crippen molar-refractivity contribution in [3.63, 3.8) is 0 Å². The number of carbonyl (C=O) groups excluding carboxylic acids is 4. The van der Waals surface area contributed by atoms with Crippen molar-refractivity contribution in [1.29, 1.82) is 0 Å². The van der Waals surface area contributed by atoms with E-state index in [2.05, 4.69) is 15.4 Å². The predicted molar refractivity (Wildman–Crippen MR) is 112 cm³/mol. The molecule has 0 radical (unpaired) electrons. The van der Waals surface area contributed by atoms with Crippen molar-refractivity contribution < 1.29 is 28.7 Å². The van der Waals surface area contributed by atoms with Gasteiger partial charge in [-0.15, -0.1) is 0 Å². The highest BCUT2D eigenvalue weighted by Crippen LogP contribution is 2.27. The van der Waals surface area contributed by atoms with E-state index in [4.69, 9.17) is 16.3 Å². The molecule has 9 nitrogen and oxygen atoms in total. The third-order valence-electron chi connectivity index (χ3n) is 4.16. The van der Waals surface area contributed by atoms with Crippen LogP contribution in [0, 0.1) is 0 Å². The predicted octanol–water partition coefficient (Wildman–Crippen LogP) is 2.42. The normalized spacial score (nSPS) is 14.4. The van der Waals surface area contributed by atoms with Crippen molar-refractivity contribution in [3.8, 4) is 5.75 Å². The Bertz CT molecular complexity index is 1050. The SMILES string of the molecule is COC(=O)CN1C(=O)N/C(=C/c2ccc(OCC(=O)Nc3ccccc3)c(Cl)c2)C1=O. The summed E-state index contributed by atoms with van der Waals surface area (Å²) in [5, 5.41) is 5.30. The van der Waals surface area contributed by atoms with Crippen LogP contribution >= 0.6 is 11.6 Å². The second kappa shape index (κ2) is 9.77. The molecule has 10 heteroatoms. The van der Waals surface area contributed by atoms with Gasteiger partial charge in [-0.2, -0.15) is 0 Å². The van der Waals surface area contributed by atoms with Crippen LogP contribution in [0.2, 0.25) is 5.02 Å². The fourth-order valence-corrected chi connectivity index (χ4v) is 2.90. The molecule has 4 amide bonds. The number of para-hydroxylation sites is 1. The molecule has 0 aliphatic carbocycles. The van der Waals surface area contributed by atoms with Gasteiger partial charge >= 0.3 is 12.0 Å². The summed E-state index contributed by atoms with van der Waals surface area (Å²) in [5.74, 6) is -1.45. The van der Waals surface area contributed by atoms with E-state index in [1.165, 1.54) is 18.2 Å². The molecule has 0 bridgehead atoms. The lowest BCUT2D eigenvalue weighted by atomic mass is 10.2. The molecule has 1 saturated heterocycles. The van der Waals surface area contributed by atoms with Gasteiger partial charge in [0.05, 0.1) is 12.1 Å². The number of esters is 1. The number of nitrogens with one attached hydrogen (secondary N) is 2. The quantitative estimate of drug-likeness (QED) is 0.386. The highest BCUT2D eigenvalue weighted by atomic mass is 35.5. The molecular weight excluding hydrogens is 426 g/mol. The van der Waals surface area contributed by atoms with Gasteiger partial charge in [-0.25, -0.2) is 9.69 Å². The zero-order valence-electron chi connectivity index (χ0n) is 16.4. The fraction of sp³-hybridized carbons (Fsp3) is 0.143. The standard InChI is InChI=1S/C21H18ClN3O6/c1-30-19(27)11-25-20(28)16(24-21(25)29)10-13-7-8-17(15(22)9-13)31-12-18(26)23-14-5-3-2-4-6-14/h2-10H,11-12H2,1H3,(H,23,26)(H,24,29)/b16-10+. The lowest BCUT2D eigenvalue weighted by Crippen LogP contribution is -2.36. The average molecular weight is 444 g/mol. The first-order valence-electron chi connectivity index (χ1n) is 9.06. The number of ether oxygens (including phenoxy) is 2. The summed E-state index contributed by atoms with van der Waals surface area (Å²) in [6.45, 7) is -0.733. The molecule has 0 spiro atoms. The maximum absolute atomic E-state index is 12.3. The number of halogens is 1. The lowest BCUT2D eigenvalue weighted by molar-refractivity contribution is -0.143. The van der Waals surface area contributed by atoms with Crippen LogP contribution in [0.5, 0.6) is 5.75 Å². The summed E-state index contributed by atoms with van der Waals surface area (Å²) in [7, 11) is 1.16. The molecule has 2 N–H and O–H groups in total. The van der Waals surface area contributed by atoms with Crippen molar-refractivity contribution in [2.45, 2.75) is 0 Å². The number of rotatable bonds is 7. The number of carbonyl (C=O) groups is 4. The van der Waals surface area contributed by atoms with Gasteiger partial charge in [0.1, 0.15) is 18.0 Å². The van der Waals surface area contributed by atoms with Gasteiger partial charge in [0.25, 0.3) is 11.8 Å². The van der Waals surface area contributed by atoms with E-state index in [0.29, 0.717) is 11.3 Å². The Morgan fingerprint density at radius 1 is 1.16 bits per heavy atom. The number of benzene rings is 2. The number of urea groups is 1. The van der Waals surface area contributed by atoms with Gasteiger partial charge in [-0.05, 0) is 35.9 Å². The zero-order chi connectivity index (χ0) is 22.4. The maximum atomic E-state index is 12.3. The van der Waals surface area contributed by atoms with E-state index >= 15 is 0 Å². The molecule has 31 heavy (non-hydrogen) atoms. The number of anilines is 1. The minimum atomic E-state index is -0.725. The molecule has 1 aliphatic heterocycles. The van der Waals surface area contributed by atoms with Gasteiger partial charge in [-0.1, -0.05) is 35.9 Å². The number of imide groups is 1. The van der Waals surface area contributed by atoms with Gasteiger partial charge in [-0.3, -0.25) is 14.4 Å². The molecule has 1 aliphatic rings. The molecule has 1 heterocycles. The minimum Gasteiger partial charge on any atom is -0.482 e. The summed E-state index contributed by atoms with van der Waals surface area (Å²) < 4.78 is 9.92. The molecular formula is C21H18ClN3O6. The first-order chi connectivity index (χ1) is 14.9. The first-order valence-corrected chi connectivity index (χ1v) is 9.44. The van der Waals surface area contributed by atoms with Crippen molar-refractivity contribution in [2.24, 2.45) is 0 Å². The Labute approximate surface area is 182 Å². The third kappa shape index (κ3) is 5.61. The van der Waals surface area contributed by atoms with Gasteiger partial charge in [0.15, 0.2) is 6.61 Å². The van der Waals surface area contributed by atoms with Crippen LogP contribution in [-0.2, 0) is 19.1 Å². The molecule has 2 aromatic rings. The molecule has 3 rings (SSSR count). The van der Waals surface area contributed by atoms with Crippen LogP contribution in [0.4, 0.5) is 10.5 Å². The second-order valence-electron chi connectivity index (χ2n) is 6.35. The van der Waals surface area contributed by atoms with Crippen LogP contribution in [0.15, 0.2) is 54.2 Å². The van der Waals surface area contributed by atoms with Crippen LogP contribution in [-0.4, -0.2) is 49.0 Å². The number of hydrogen-bond donors (Lipinski definition) is 2. The Hall–Kier alpha value is -3.85. The number of amides is 4. The molecule has 2 aromatic carbocycles. The van der Waals surface area contributed by atoms with Gasteiger partial charge in [0, 0.05) is 5.69 Å². The topological polar surface area (TPSA) is 114 Å². The second-order valence-corrected chi connectivity index (χ2v) is 6.76. The Morgan fingerprint density at radius 2 is 1.90 bits per heavy atom. The molecule has 0 saturated carbocycles. The number of hydrogen-bond acceptors (Lipinski definition) is 6. The smallest absolute Gasteiger partial charge is 0.329 e. The Balaban J connectivity index is 1.63. The lowest BCUT2D eigenvalue weighted by Gasteiger charge is -2.10. The van der Waals surface area contributed by atoms with Crippen molar-refractivity contribution in [3.05, 3.63) is 64.8 Å². The Morgan fingerprint density at radius 3 is 2.58 bits per heavy atom. The summed E-state index contributed by atoms with van der Waals surface area (Å²) in [6, 6.07) is 12.9. The van der Waals surface area contributed by atoms with Crippen molar-refractivity contribution in [1.82, 2.24) is 10.2 Å². The molecule has 0 atom stereocenters. The monoisotopic (exact) mass is 443 g/mol. The number of methoxy groups -OCH3 is 1. The average Bonchev–Trinajstić information content (AvgIpc) is 3.01. The largest absolute Gasteiger partial charge is 0.482 e. The summed E-state index contributed by atoms with van der Waals surface area (Å²) in [4.78, 5) is 48.3. The minimum absolute atomic E-state index is 0.0131. The molecule has 160 valence electrons. The molecule has 1 fully saturated rings. The van der Waals surface area contributed by atoms with E-state index in [9.17, 15) is 19.2 Å². The van der Waals surface area contributed by atoms with E-state index in [-0.39, 0.29) is 29.0 Å². The number of nitrogens with zero attached hydrogens (tertiary/aromatic N) is 1. The highest BCUT2D eigenvalue weighted by Gasteiger charge is 2.35.